The summed E-state index contributed by atoms with van der Waals surface area (Å²) in [4.78, 5) is 12.0. The zero-order valence-electron chi connectivity index (χ0n) is 21.4. The molecule has 2 heterocycles. The SMILES string of the molecule is Cc1nc(NC(C)c2cccc(C(F)(F)C(C)(C)O)c2)c2cc(N3CCOCC3)c3c(c2n1)CCC3. The molecule has 0 saturated carbocycles. The Morgan fingerprint density at radius 1 is 1.08 bits per heavy atom. The fraction of sp³-hybridized carbons (Fsp3) is 0.500. The Morgan fingerprint density at radius 3 is 2.53 bits per heavy atom. The van der Waals surface area contributed by atoms with Crippen molar-refractivity contribution < 1.29 is 18.6 Å². The lowest BCUT2D eigenvalue weighted by atomic mass is 9.91. The van der Waals surface area contributed by atoms with Crippen LogP contribution in [0.3, 0.4) is 0 Å². The highest BCUT2D eigenvalue weighted by molar-refractivity contribution is 5.96. The highest BCUT2D eigenvalue weighted by Gasteiger charge is 2.47. The molecule has 3 aromatic rings. The van der Waals surface area contributed by atoms with E-state index >= 15 is 0 Å². The third-order valence-electron chi connectivity index (χ3n) is 7.37. The van der Waals surface area contributed by atoms with Crippen LogP contribution in [0.15, 0.2) is 30.3 Å². The maximum absolute atomic E-state index is 14.8. The molecule has 2 aromatic carbocycles. The molecule has 1 unspecified atom stereocenters. The second-order valence-corrected chi connectivity index (χ2v) is 10.4. The Bertz CT molecular complexity index is 1280. The van der Waals surface area contributed by atoms with Gasteiger partial charge in [0, 0.05) is 35.8 Å². The van der Waals surface area contributed by atoms with Gasteiger partial charge in [0.25, 0.3) is 0 Å². The number of aliphatic hydroxyl groups is 1. The van der Waals surface area contributed by atoms with Crippen LogP contribution in [0.25, 0.3) is 10.9 Å². The number of hydrogen-bond donors (Lipinski definition) is 2. The average Bonchev–Trinajstić information content (AvgIpc) is 3.34. The number of ether oxygens (including phenoxy) is 1. The minimum Gasteiger partial charge on any atom is -0.384 e. The highest BCUT2D eigenvalue weighted by atomic mass is 19.3. The lowest BCUT2D eigenvalue weighted by Gasteiger charge is -2.31. The first kappa shape index (κ1) is 24.8. The molecule has 0 radical (unpaired) electrons. The largest absolute Gasteiger partial charge is 0.384 e. The molecule has 2 N–H and O–H groups in total. The van der Waals surface area contributed by atoms with Gasteiger partial charge in [-0.05, 0) is 75.8 Å². The highest BCUT2D eigenvalue weighted by Crippen LogP contribution is 2.41. The van der Waals surface area contributed by atoms with Crippen molar-refractivity contribution >= 4 is 22.4 Å². The van der Waals surface area contributed by atoms with Crippen molar-refractivity contribution in [2.45, 2.75) is 64.5 Å². The minimum atomic E-state index is -3.38. The average molecular weight is 497 g/mol. The van der Waals surface area contributed by atoms with Crippen molar-refractivity contribution in [3.8, 4) is 0 Å². The Morgan fingerprint density at radius 2 is 1.81 bits per heavy atom. The summed E-state index contributed by atoms with van der Waals surface area (Å²) in [6.45, 7) is 9.20. The molecule has 1 atom stereocenters. The number of anilines is 2. The number of morpholine rings is 1. The lowest BCUT2D eigenvalue weighted by molar-refractivity contribution is -0.168. The molecule has 5 rings (SSSR count). The van der Waals surface area contributed by atoms with Crippen molar-refractivity contribution in [2.75, 3.05) is 36.5 Å². The molecule has 0 bridgehead atoms. The van der Waals surface area contributed by atoms with Crippen molar-refractivity contribution in [1.29, 1.82) is 0 Å². The van der Waals surface area contributed by atoms with Crippen LogP contribution >= 0.6 is 0 Å². The molecule has 8 heteroatoms. The molecule has 192 valence electrons. The van der Waals surface area contributed by atoms with Crippen molar-refractivity contribution in [3.63, 3.8) is 0 Å². The van der Waals surface area contributed by atoms with Crippen LogP contribution in [0, 0.1) is 6.92 Å². The van der Waals surface area contributed by atoms with Crippen LogP contribution in [0.5, 0.6) is 0 Å². The normalized spacial score (nSPS) is 17.4. The number of benzene rings is 2. The fourth-order valence-electron chi connectivity index (χ4n) is 5.30. The van der Waals surface area contributed by atoms with Crippen molar-refractivity contribution in [3.05, 3.63) is 58.4 Å². The number of nitrogens with one attached hydrogen (secondary N) is 1. The summed E-state index contributed by atoms with van der Waals surface area (Å²) in [7, 11) is 0. The number of rotatable bonds is 6. The number of hydrogen-bond acceptors (Lipinski definition) is 6. The third kappa shape index (κ3) is 4.41. The minimum absolute atomic E-state index is 0.211. The first-order valence-electron chi connectivity index (χ1n) is 12.7. The molecule has 6 nitrogen and oxygen atoms in total. The number of aromatic nitrogens is 2. The van der Waals surface area contributed by atoms with Gasteiger partial charge in [0.05, 0.1) is 18.7 Å². The molecule has 2 aliphatic rings. The Kier molecular flexibility index (Phi) is 6.37. The van der Waals surface area contributed by atoms with E-state index in [1.54, 1.807) is 6.07 Å². The van der Waals surface area contributed by atoms with Gasteiger partial charge >= 0.3 is 5.92 Å². The topological polar surface area (TPSA) is 70.5 Å². The van der Waals surface area contributed by atoms with E-state index in [9.17, 15) is 13.9 Å². The Labute approximate surface area is 210 Å². The molecular weight excluding hydrogens is 462 g/mol. The van der Waals surface area contributed by atoms with E-state index in [1.165, 1.54) is 28.9 Å². The van der Waals surface area contributed by atoms with Gasteiger partial charge < -0.3 is 20.1 Å². The summed E-state index contributed by atoms with van der Waals surface area (Å²) in [5.41, 5.74) is 3.19. The first-order valence-corrected chi connectivity index (χ1v) is 12.7. The van der Waals surface area contributed by atoms with E-state index in [2.05, 4.69) is 16.3 Å². The molecular formula is C28H34F2N4O2. The molecule has 1 fully saturated rings. The molecule has 1 saturated heterocycles. The van der Waals surface area contributed by atoms with Crippen LogP contribution in [0.2, 0.25) is 0 Å². The number of aryl methyl sites for hydroxylation is 2. The van der Waals surface area contributed by atoms with E-state index in [-0.39, 0.29) is 11.6 Å². The van der Waals surface area contributed by atoms with Gasteiger partial charge in [-0.3, -0.25) is 0 Å². The monoisotopic (exact) mass is 496 g/mol. The van der Waals surface area contributed by atoms with E-state index in [0.717, 1.165) is 57.1 Å². The van der Waals surface area contributed by atoms with Gasteiger partial charge in [0.2, 0.25) is 0 Å². The van der Waals surface area contributed by atoms with Crippen LogP contribution in [0.1, 0.15) is 61.3 Å². The van der Waals surface area contributed by atoms with Crippen LogP contribution in [-0.2, 0) is 23.5 Å². The van der Waals surface area contributed by atoms with Gasteiger partial charge in [-0.2, -0.15) is 8.78 Å². The maximum atomic E-state index is 14.8. The maximum Gasteiger partial charge on any atom is 0.300 e. The van der Waals surface area contributed by atoms with Gasteiger partial charge in [0.15, 0.2) is 0 Å². The fourth-order valence-corrected chi connectivity index (χ4v) is 5.30. The quantitative estimate of drug-likeness (QED) is 0.483. The number of halogens is 2. The second-order valence-electron chi connectivity index (χ2n) is 10.4. The summed E-state index contributed by atoms with van der Waals surface area (Å²) < 4.78 is 35.3. The second kappa shape index (κ2) is 9.23. The zero-order chi connectivity index (χ0) is 25.7. The predicted molar refractivity (Wildman–Crippen MR) is 138 cm³/mol. The first-order chi connectivity index (χ1) is 17.1. The predicted octanol–water partition coefficient (Wildman–Crippen LogP) is 5.30. The van der Waals surface area contributed by atoms with Gasteiger partial charge in [0.1, 0.15) is 17.2 Å². The molecule has 1 aliphatic carbocycles. The summed E-state index contributed by atoms with van der Waals surface area (Å²) in [5, 5.41) is 14.5. The third-order valence-corrected chi connectivity index (χ3v) is 7.37. The van der Waals surface area contributed by atoms with Crippen LogP contribution in [0.4, 0.5) is 20.3 Å². The van der Waals surface area contributed by atoms with Gasteiger partial charge in [-0.1, -0.05) is 18.2 Å². The number of nitrogens with zero attached hydrogens (tertiary/aromatic N) is 3. The molecule has 0 amide bonds. The smallest absolute Gasteiger partial charge is 0.300 e. The molecule has 36 heavy (non-hydrogen) atoms. The van der Waals surface area contributed by atoms with Crippen molar-refractivity contribution in [2.24, 2.45) is 0 Å². The Hall–Kier alpha value is -2.84. The number of fused-ring (bicyclic) bond motifs is 3. The lowest BCUT2D eigenvalue weighted by Crippen LogP contribution is -2.40. The van der Waals surface area contributed by atoms with Gasteiger partial charge in [-0.25, -0.2) is 9.97 Å². The summed E-state index contributed by atoms with van der Waals surface area (Å²) in [6, 6.07) is 8.14. The molecule has 1 aromatic heterocycles. The van der Waals surface area contributed by atoms with Crippen molar-refractivity contribution in [1.82, 2.24) is 9.97 Å². The summed E-state index contributed by atoms with van der Waals surface area (Å²) in [6.07, 6.45) is 3.14. The summed E-state index contributed by atoms with van der Waals surface area (Å²) in [5.74, 6) is -2.00. The Balaban J connectivity index is 1.54. The van der Waals surface area contributed by atoms with E-state index in [0.29, 0.717) is 30.4 Å². The number of alkyl halides is 2. The van der Waals surface area contributed by atoms with E-state index < -0.39 is 11.5 Å². The zero-order valence-corrected chi connectivity index (χ0v) is 21.4. The van der Waals surface area contributed by atoms with Crippen LogP contribution < -0.4 is 10.2 Å². The van der Waals surface area contributed by atoms with E-state index in [1.807, 2.05) is 19.9 Å². The van der Waals surface area contributed by atoms with E-state index in [4.69, 9.17) is 14.7 Å². The molecule has 0 spiro atoms. The standard InChI is InChI=1S/C28H34F2N4O2/c1-17(19-7-5-8-20(15-19)28(29,30)27(3,4)35)31-26-23-16-24(34-11-13-36-14-12-34)21-9-6-10-22(21)25(23)32-18(2)33-26/h5,7-8,15-17,35H,6,9-14H2,1-4H3,(H,31,32,33). The van der Waals surface area contributed by atoms with Crippen LogP contribution in [-0.4, -0.2) is 47.0 Å². The summed E-state index contributed by atoms with van der Waals surface area (Å²) >= 11 is 0. The molecule has 1 aliphatic heterocycles. The van der Waals surface area contributed by atoms with Gasteiger partial charge in [-0.15, -0.1) is 0 Å².